The van der Waals surface area contributed by atoms with Crippen molar-refractivity contribution in [3.05, 3.63) is 48.8 Å². The average Bonchev–Trinajstić information content (AvgIpc) is 2.42. The van der Waals surface area contributed by atoms with Crippen LogP contribution in [0.25, 0.3) is 0 Å². The summed E-state index contributed by atoms with van der Waals surface area (Å²) in [6.07, 6.45) is 4.74. The largest absolute Gasteiger partial charge is 0.493 e. The van der Waals surface area contributed by atoms with Crippen LogP contribution in [-0.4, -0.2) is 33.3 Å². The predicted molar refractivity (Wildman–Crippen MR) is 80.8 cm³/mol. The summed E-state index contributed by atoms with van der Waals surface area (Å²) in [5.41, 5.74) is 5.64. The molecular formula is C14H23N3O3. The van der Waals surface area contributed by atoms with Crippen molar-refractivity contribution in [1.29, 1.82) is 0 Å². The van der Waals surface area contributed by atoms with Gasteiger partial charge in [-0.2, -0.15) is 0 Å². The third-order valence-corrected chi connectivity index (χ3v) is 2.26. The van der Waals surface area contributed by atoms with E-state index < -0.39 is 0 Å². The average molecular weight is 281 g/mol. The third-order valence-electron chi connectivity index (χ3n) is 2.26. The van der Waals surface area contributed by atoms with Gasteiger partial charge in [0.2, 0.25) is 5.76 Å². The molecule has 3 N–H and O–H groups in total. The van der Waals surface area contributed by atoms with Crippen LogP contribution in [0.3, 0.4) is 0 Å². The lowest BCUT2D eigenvalue weighted by molar-refractivity contribution is 0.190. The van der Waals surface area contributed by atoms with E-state index in [1.807, 2.05) is 6.92 Å². The van der Waals surface area contributed by atoms with Gasteiger partial charge in [0, 0.05) is 0 Å². The summed E-state index contributed by atoms with van der Waals surface area (Å²) in [5, 5.41) is 2.69. The molecule has 1 unspecified atom stereocenters. The lowest BCUT2D eigenvalue weighted by atomic mass is 10.2. The van der Waals surface area contributed by atoms with E-state index in [-0.39, 0.29) is 12.0 Å². The molecule has 0 saturated heterocycles. The summed E-state index contributed by atoms with van der Waals surface area (Å²) >= 11 is 0. The second-order valence-electron chi connectivity index (χ2n) is 3.64. The maximum atomic E-state index is 5.64. The van der Waals surface area contributed by atoms with Gasteiger partial charge in [0.25, 0.3) is 0 Å². The highest BCUT2D eigenvalue weighted by Crippen LogP contribution is 2.19. The number of hydrogen-bond donors (Lipinski definition) is 2. The fourth-order valence-electron chi connectivity index (χ4n) is 1.45. The molecule has 0 spiro atoms. The van der Waals surface area contributed by atoms with Crippen molar-refractivity contribution >= 4 is 5.96 Å². The van der Waals surface area contributed by atoms with Gasteiger partial charge in [-0.1, -0.05) is 13.2 Å². The molecule has 112 valence electrons. The fraction of sp³-hybridized carbons (Fsp3) is 0.357. The Kier molecular flexibility index (Phi) is 8.41. The first-order valence-corrected chi connectivity index (χ1v) is 5.95. The van der Waals surface area contributed by atoms with Gasteiger partial charge >= 0.3 is 0 Å². The Morgan fingerprint density at radius 1 is 1.20 bits per heavy atom. The first-order valence-electron chi connectivity index (χ1n) is 5.95. The van der Waals surface area contributed by atoms with Gasteiger partial charge in [-0.25, -0.2) is 4.99 Å². The highest BCUT2D eigenvalue weighted by Gasteiger charge is 2.13. The van der Waals surface area contributed by atoms with E-state index >= 15 is 0 Å². The Morgan fingerprint density at radius 2 is 1.85 bits per heavy atom. The highest BCUT2D eigenvalue weighted by atomic mass is 16.5. The number of methoxy groups -OCH3 is 3. The predicted octanol–water partition coefficient (Wildman–Crippen LogP) is 1.64. The molecule has 6 nitrogen and oxygen atoms in total. The number of ether oxygens (including phenoxy) is 3. The molecule has 0 aliphatic heterocycles. The Hall–Kier alpha value is -2.37. The van der Waals surface area contributed by atoms with Crippen molar-refractivity contribution in [2.24, 2.45) is 10.7 Å². The number of hydrogen-bond acceptors (Lipinski definition) is 4. The normalized spacial score (nSPS) is 14.8. The molecular weight excluding hydrogens is 258 g/mol. The third kappa shape index (κ3) is 5.51. The van der Waals surface area contributed by atoms with E-state index in [1.54, 1.807) is 6.08 Å². The molecule has 0 bridgehead atoms. The van der Waals surface area contributed by atoms with E-state index in [0.29, 0.717) is 17.3 Å². The Morgan fingerprint density at radius 3 is 2.25 bits per heavy atom. The molecule has 1 atom stereocenters. The number of nitrogens with zero attached hydrogens (tertiary/aromatic N) is 1. The van der Waals surface area contributed by atoms with Crippen LogP contribution in [0.2, 0.25) is 0 Å². The molecule has 0 rings (SSSR count). The minimum Gasteiger partial charge on any atom is -0.493 e. The Balaban J connectivity index is 5.38. The standard InChI is InChI=1S/C14H23N3O3/c1-7-11(18-4)13(20-6)12(19-5)9-10(3)17-14(15)16-8-2/h7-10H,1-2H2,3-6H3,(H3,15,16,17)/b12-9+,13-11-. The Labute approximate surface area is 120 Å². The quantitative estimate of drug-likeness (QED) is 0.306. The van der Waals surface area contributed by atoms with Gasteiger partial charge in [0.15, 0.2) is 17.5 Å². The summed E-state index contributed by atoms with van der Waals surface area (Å²) < 4.78 is 15.7. The lowest BCUT2D eigenvalue weighted by Crippen LogP contribution is -2.28. The maximum Gasteiger partial charge on any atom is 0.202 e. The van der Waals surface area contributed by atoms with Gasteiger partial charge < -0.3 is 25.3 Å². The van der Waals surface area contributed by atoms with Crippen LogP contribution in [0, 0.1) is 0 Å². The van der Waals surface area contributed by atoms with Crippen LogP contribution in [-0.2, 0) is 14.2 Å². The van der Waals surface area contributed by atoms with E-state index in [0.717, 1.165) is 0 Å². The van der Waals surface area contributed by atoms with E-state index in [9.17, 15) is 0 Å². The molecule has 0 aromatic heterocycles. The summed E-state index contributed by atoms with van der Waals surface area (Å²) in [6.45, 7) is 9.01. The van der Waals surface area contributed by atoms with Crippen molar-refractivity contribution in [1.82, 2.24) is 5.32 Å². The first kappa shape index (κ1) is 17.6. The molecule has 0 aliphatic rings. The zero-order valence-electron chi connectivity index (χ0n) is 12.5. The molecule has 0 saturated carbocycles. The van der Waals surface area contributed by atoms with Crippen LogP contribution < -0.4 is 11.1 Å². The van der Waals surface area contributed by atoms with E-state index in [1.165, 1.54) is 33.6 Å². The van der Waals surface area contributed by atoms with E-state index in [2.05, 4.69) is 23.5 Å². The SMILES string of the molecule is C=CNC(N)=NC(C)/C=C(OC)\C(OC)=C(/C=C)OC. The second-order valence-corrected chi connectivity index (χ2v) is 3.64. The smallest absolute Gasteiger partial charge is 0.202 e. The van der Waals surface area contributed by atoms with Crippen LogP contribution in [0.15, 0.2) is 53.8 Å². The summed E-state index contributed by atoms with van der Waals surface area (Å²) in [4.78, 5) is 4.19. The van der Waals surface area contributed by atoms with E-state index in [4.69, 9.17) is 19.9 Å². The second kappa shape index (κ2) is 9.55. The summed E-state index contributed by atoms with van der Waals surface area (Å²) in [6, 6.07) is -0.231. The van der Waals surface area contributed by atoms with Gasteiger partial charge in [-0.3, -0.25) is 0 Å². The molecule has 0 aromatic carbocycles. The van der Waals surface area contributed by atoms with Crippen LogP contribution in [0.1, 0.15) is 6.92 Å². The number of guanidine groups is 1. The van der Waals surface area contributed by atoms with Crippen LogP contribution in [0.4, 0.5) is 0 Å². The van der Waals surface area contributed by atoms with Crippen molar-refractivity contribution < 1.29 is 14.2 Å². The van der Waals surface area contributed by atoms with Crippen molar-refractivity contribution in [2.45, 2.75) is 13.0 Å². The molecule has 20 heavy (non-hydrogen) atoms. The topological polar surface area (TPSA) is 78.1 Å². The zero-order chi connectivity index (χ0) is 15.5. The van der Waals surface area contributed by atoms with Gasteiger partial charge in [0.05, 0.1) is 27.4 Å². The molecule has 0 aliphatic carbocycles. The van der Waals surface area contributed by atoms with Crippen LogP contribution in [0.5, 0.6) is 0 Å². The monoisotopic (exact) mass is 281 g/mol. The molecule has 0 amide bonds. The molecule has 0 heterocycles. The first-order chi connectivity index (χ1) is 9.53. The van der Waals surface area contributed by atoms with Crippen molar-refractivity contribution in [3.8, 4) is 0 Å². The molecule has 0 fully saturated rings. The molecule has 6 heteroatoms. The van der Waals surface area contributed by atoms with Crippen molar-refractivity contribution in [3.63, 3.8) is 0 Å². The summed E-state index contributed by atoms with van der Waals surface area (Å²) in [5.74, 6) is 1.64. The number of nitrogens with one attached hydrogen (secondary N) is 1. The number of nitrogens with two attached hydrogens (primary N) is 1. The minimum absolute atomic E-state index is 0.231. The summed E-state index contributed by atoms with van der Waals surface area (Å²) in [7, 11) is 4.58. The van der Waals surface area contributed by atoms with Crippen molar-refractivity contribution in [2.75, 3.05) is 21.3 Å². The number of allylic oxidation sites excluding steroid dienone is 1. The number of aliphatic imine (C=N–C) groups is 1. The number of rotatable bonds is 8. The highest BCUT2D eigenvalue weighted by molar-refractivity contribution is 5.79. The lowest BCUT2D eigenvalue weighted by Gasteiger charge is -2.14. The fourth-order valence-corrected chi connectivity index (χ4v) is 1.45. The zero-order valence-corrected chi connectivity index (χ0v) is 12.5. The minimum atomic E-state index is -0.231. The van der Waals surface area contributed by atoms with Gasteiger partial charge in [-0.15, -0.1) is 0 Å². The van der Waals surface area contributed by atoms with Crippen LogP contribution >= 0.6 is 0 Å². The van der Waals surface area contributed by atoms with Gasteiger partial charge in [-0.05, 0) is 25.3 Å². The Bertz CT molecular complexity index is 425. The molecule has 0 aromatic rings. The molecule has 0 radical (unpaired) electrons. The van der Waals surface area contributed by atoms with Gasteiger partial charge in [0.1, 0.15) is 0 Å². The maximum absolute atomic E-state index is 5.64.